The summed E-state index contributed by atoms with van der Waals surface area (Å²) < 4.78 is 22.2. The maximum Gasteiger partial charge on any atom is 0.205 e. The third-order valence-corrected chi connectivity index (χ3v) is 2.83. The molecule has 0 bridgehead atoms. The van der Waals surface area contributed by atoms with E-state index in [2.05, 4.69) is 0 Å². The Kier molecular flexibility index (Phi) is 2.44. The molecule has 4 N–H and O–H groups in total. The van der Waals surface area contributed by atoms with E-state index in [0.717, 1.165) is 12.1 Å². The summed E-state index contributed by atoms with van der Waals surface area (Å²) in [6.45, 7) is 0. The molecule has 0 aliphatic rings. The first-order chi connectivity index (χ1) is 5.97. The molecule has 0 aliphatic carbocycles. The number of nitrogen functional groups attached to an aromatic ring is 1. The first-order valence-electron chi connectivity index (χ1n) is 3.39. The Labute approximate surface area is 75.4 Å². The summed E-state index contributed by atoms with van der Waals surface area (Å²) in [6.07, 6.45) is 0. The Bertz CT molecular complexity index is 413. The molecule has 0 atom stereocenters. The quantitative estimate of drug-likeness (QED) is 0.452. The standard InChI is InChI=1S/C7H9NO4S/c8-5-1-2-6(10)7(3-5)13(11,12)4-9/h1-3,9-10H,4,8H2. The first kappa shape index (κ1) is 9.82. The molecule has 13 heavy (non-hydrogen) atoms. The summed E-state index contributed by atoms with van der Waals surface area (Å²) in [4.78, 5) is -0.352. The Balaban J connectivity index is 3.38. The molecule has 0 amide bonds. The van der Waals surface area contributed by atoms with E-state index >= 15 is 0 Å². The molecule has 72 valence electrons. The molecule has 0 aliphatic heterocycles. The highest BCUT2D eigenvalue weighted by atomic mass is 32.2. The molecule has 0 heterocycles. The van der Waals surface area contributed by atoms with Crippen LogP contribution in [0.15, 0.2) is 23.1 Å². The highest BCUT2D eigenvalue weighted by Gasteiger charge is 2.17. The van der Waals surface area contributed by atoms with Gasteiger partial charge >= 0.3 is 0 Å². The molecule has 0 unspecified atom stereocenters. The van der Waals surface area contributed by atoms with Gasteiger partial charge < -0.3 is 15.9 Å². The fraction of sp³-hybridized carbons (Fsp3) is 0.143. The van der Waals surface area contributed by atoms with Crippen molar-refractivity contribution < 1.29 is 18.6 Å². The summed E-state index contributed by atoms with van der Waals surface area (Å²) >= 11 is 0. The van der Waals surface area contributed by atoms with E-state index in [9.17, 15) is 8.42 Å². The zero-order valence-corrected chi connectivity index (χ0v) is 7.45. The van der Waals surface area contributed by atoms with Crippen molar-refractivity contribution in [3.63, 3.8) is 0 Å². The van der Waals surface area contributed by atoms with E-state index in [4.69, 9.17) is 15.9 Å². The van der Waals surface area contributed by atoms with Gasteiger partial charge in [-0.05, 0) is 18.2 Å². The van der Waals surface area contributed by atoms with Crippen LogP contribution in [0.5, 0.6) is 5.75 Å². The third-order valence-electron chi connectivity index (χ3n) is 1.49. The average molecular weight is 203 g/mol. The smallest absolute Gasteiger partial charge is 0.205 e. The normalized spacial score (nSPS) is 11.5. The number of aliphatic hydroxyl groups is 1. The summed E-state index contributed by atoms with van der Waals surface area (Å²) in [5, 5.41) is 17.7. The summed E-state index contributed by atoms with van der Waals surface area (Å²) in [5.41, 5.74) is 5.53. The van der Waals surface area contributed by atoms with Crippen LogP contribution in [0.4, 0.5) is 5.69 Å². The fourth-order valence-corrected chi connectivity index (χ4v) is 1.69. The van der Waals surface area contributed by atoms with Crippen LogP contribution in [0.25, 0.3) is 0 Å². The van der Waals surface area contributed by atoms with Crippen molar-refractivity contribution >= 4 is 15.5 Å². The number of nitrogens with two attached hydrogens (primary N) is 1. The fourth-order valence-electron chi connectivity index (χ4n) is 0.849. The van der Waals surface area contributed by atoms with Crippen molar-refractivity contribution in [3.8, 4) is 5.75 Å². The van der Waals surface area contributed by atoms with E-state index in [0.29, 0.717) is 0 Å². The van der Waals surface area contributed by atoms with Gasteiger partial charge in [0.1, 0.15) is 16.6 Å². The van der Waals surface area contributed by atoms with Gasteiger partial charge in [0, 0.05) is 5.69 Å². The number of sulfone groups is 1. The minimum absolute atomic E-state index is 0.213. The first-order valence-corrected chi connectivity index (χ1v) is 5.04. The molecule has 0 radical (unpaired) electrons. The van der Waals surface area contributed by atoms with Crippen LogP contribution in [0, 0.1) is 0 Å². The minimum Gasteiger partial charge on any atom is -0.507 e. The number of phenolic OH excluding ortho intramolecular Hbond substituents is 1. The third kappa shape index (κ3) is 1.90. The number of rotatable bonds is 2. The Morgan fingerprint density at radius 1 is 1.38 bits per heavy atom. The van der Waals surface area contributed by atoms with Crippen molar-refractivity contribution in [1.29, 1.82) is 0 Å². The van der Waals surface area contributed by atoms with Gasteiger partial charge in [-0.2, -0.15) is 0 Å². The Morgan fingerprint density at radius 2 is 2.00 bits per heavy atom. The van der Waals surface area contributed by atoms with Crippen molar-refractivity contribution in [3.05, 3.63) is 18.2 Å². The highest BCUT2D eigenvalue weighted by molar-refractivity contribution is 7.91. The second-order valence-corrected chi connectivity index (χ2v) is 4.40. The lowest BCUT2D eigenvalue weighted by Gasteiger charge is -2.04. The predicted molar refractivity (Wildman–Crippen MR) is 46.8 cm³/mol. The highest BCUT2D eigenvalue weighted by Crippen LogP contribution is 2.25. The van der Waals surface area contributed by atoms with E-state index in [-0.39, 0.29) is 10.6 Å². The second kappa shape index (κ2) is 3.23. The number of benzene rings is 1. The van der Waals surface area contributed by atoms with Crippen LogP contribution in [0.3, 0.4) is 0 Å². The molecule has 1 aromatic carbocycles. The average Bonchev–Trinajstić information content (AvgIpc) is 2.09. The Hall–Kier alpha value is -1.27. The van der Waals surface area contributed by atoms with Gasteiger partial charge in [-0.1, -0.05) is 0 Å². The lowest BCUT2D eigenvalue weighted by atomic mass is 10.3. The number of anilines is 1. The maximum atomic E-state index is 11.1. The molecule has 0 saturated heterocycles. The van der Waals surface area contributed by atoms with Gasteiger partial charge in [0.15, 0.2) is 0 Å². The summed E-state index contributed by atoms with van der Waals surface area (Å²) in [5.74, 6) is -1.47. The second-order valence-electron chi connectivity index (χ2n) is 2.47. The van der Waals surface area contributed by atoms with E-state index < -0.39 is 21.5 Å². The van der Waals surface area contributed by atoms with Gasteiger partial charge in [-0.15, -0.1) is 0 Å². The minimum atomic E-state index is -3.83. The molecule has 0 fully saturated rings. The van der Waals surface area contributed by atoms with Crippen molar-refractivity contribution in [1.82, 2.24) is 0 Å². The number of aliphatic hydroxyl groups excluding tert-OH is 1. The largest absolute Gasteiger partial charge is 0.507 e. The van der Waals surface area contributed by atoms with Crippen molar-refractivity contribution in [2.45, 2.75) is 4.90 Å². The van der Waals surface area contributed by atoms with Crippen molar-refractivity contribution in [2.75, 3.05) is 11.7 Å². The molecular formula is C7H9NO4S. The Morgan fingerprint density at radius 3 is 2.54 bits per heavy atom. The topological polar surface area (TPSA) is 101 Å². The molecular weight excluding hydrogens is 194 g/mol. The SMILES string of the molecule is Nc1ccc(O)c(S(=O)(=O)CO)c1. The van der Waals surface area contributed by atoms with Gasteiger partial charge in [-0.3, -0.25) is 0 Å². The number of hydrogen-bond donors (Lipinski definition) is 3. The molecule has 0 saturated carbocycles. The molecule has 1 rings (SSSR count). The van der Waals surface area contributed by atoms with Gasteiger partial charge in [0.25, 0.3) is 0 Å². The molecule has 6 heteroatoms. The molecule has 0 aromatic heterocycles. The lowest BCUT2D eigenvalue weighted by molar-refractivity contribution is 0.357. The summed E-state index contributed by atoms with van der Waals surface area (Å²) in [7, 11) is -3.83. The van der Waals surface area contributed by atoms with Gasteiger partial charge in [-0.25, -0.2) is 8.42 Å². The number of aromatic hydroxyl groups is 1. The van der Waals surface area contributed by atoms with Crippen LogP contribution in [0.2, 0.25) is 0 Å². The summed E-state index contributed by atoms with van der Waals surface area (Å²) in [6, 6.07) is 3.63. The molecule has 0 spiro atoms. The van der Waals surface area contributed by atoms with Crippen LogP contribution in [-0.2, 0) is 9.84 Å². The zero-order valence-electron chi connectivity index (χ0n) is 6.64. The van der Waals surface area contributed by atoms with E-state index in [1.807, 2.05) is 0 Å². The van der Waals surface area contributed by atoms with Crippen LogP contribution in [-0.4, -0.2) is 24.6 Å². The van der Waals surface area contributed by atoms with E-state index in [1.165, 1.54) is 6.07 Å². The van der Waals surface area contributed by atoms with Gasteiger partial charge in [0.05, 0.1) is 0 Å². The van der Waals surface area contributed by atoms with Crippen LogP contribution < -0.4 is 5.73 Å². The maximum absolute atomic E-state index is 11.1. The number of hydrogen-bond acceptors (Lipinski definition) is 5. The zero-order chi connectivity index (χ0) is 10.1. The number of phenols is 1. The predicted octanol–water partition coefficient (Wildman–Crippen LogP) is -0.302. The lowest BCUT2D eigenvalue weighted by Crippen LogP contribution is -2.06. The van der Waals surface area contributed by atoms with E-state index in [1.54, 1.807) is 0 Å². The molecule has 5 nitrogen and oxygen atoms in total. The van der Waals surface area contributed by atoms with Crippen molar-refractivity contribution in [2.24, 2.45) is 0 Å². The van der Waals surface area contributed by atoms with Crippen LogP contribution in [0.1, 0.15) is 0 Å². The van der Waals surface area contributed by atoms with Crippen LogP contribution >= 0.6 is 0 Å². The monoisotopic (exact) mass is 203 g/mol. The molecule has 1 aromatic rings. The van der Waals surface area contributed by atoms with Gasteiger partial charge in [0.2, 0.25) is 9.84 Å².